The molecule has 7 nitrogen and oxygen atoms in total. The van der Waals surface area contributed by atoms with Crippen LogP contribution in [0.2, 0.25) is 5.02 Å². The number of hydrogen-bond donors (Lipinski definition) is 0. The molecule has 210 valence electrons. The molecule has 1 aliphatic rings. The van der Waals surface area contributed by atoms with Gasteiger partial charge < -0.3 is 18.9 Å². The second-order valence-electron chi connectivity index (χ2n) is 9.34. The van der Waals surface area contributed by atoms with E-state index in [0.717, 1.165) is 0 Å². The van der Waals surface area contributed by atoms with E-state index in [9.17, 15) is 9.59 Å². The largest absolute Gasteiger partial charge is 0.490 e. The van der Waals surface area contributed by atoms with Gasteiger partial charge in [0.1, 0.15) is 49.7 Å². The number of aliphatic imine (C=N–C) groups is 1. The van der Waals surface area contributed by atoms with Crippen LogP contribution in [0.1, 0.15) is 25.3 Å². The maximum Gasteiger partial charge on any atom is 0.315 e. The molecule has 0 fully saturated rings. The number of esters is 2. The summed E-state index contributed by atoms with van der Waals surface area (Å²) < 4.78 is 37.7. The first-order valence-corrected chi connectivity index (χ1v) is 13.4. The van der Waals surface area contributed by atoms with E-state index in [1.54, 1.807) is 44.2 Å². The zero-order chi connectivity index (χ0) is 28.5. The van der Waals surface area contributed by atoms with Crippen LogP contribution in [-0.2, 0) is 19.1 Å². The van der Waals surface area contributed by atoms with Crippen LogP contribution in [-0.4, -0.2) is 50.1 Å². The Labute approximate surface area is 237 Å². The molecule has 0 bridgehead atoms. The SMILES string of the molecule is CC1=NC(C)C(C(=O)OCCOc2ccccc2)C(c2cccc(Cl)c2F)C1C(=O)OCCOc1ccccc1. The Hall–Kier alpha value is -3.91. The number of carbonyl (C=O) groups excluding carboxylic acids is 2. The quantitative estimate of drug-likeness (QED) is 0.212. The van der Waals surface area contributed by atoms with E-state index in [2.05, 4.69) is 4.99 Å². The Morgan fingerprint density at radius 2 is 1.35 bits per heavy atom. The first-order chi connectivity index (χ1) is 19.4. The van der Waals surface area contributed by atoms with Crippen molar-refractivity contribution in [3.05, 3.63) is 95.3 Å². The van der Waals surface area contributed by atoms with E-state index in [1.165, 1.54) is 12.1 Å². The second-order valence-corrected chi connectivity index (χ2v) is 9.75. The number of benzene rings is 3. The molecule has 0 saturated heterocycles. The molecule has 0 radical (unpaired) electrons. The molecule has 0 spiro atoms. The molecule has 3 aromatic rings. The van der Waals surface area contributed by atoms with E-state index in [0.29, 0.717) is 17.2 Å². The summed E-state index contributed by atoms with van der Waals surface area (Å²) in [7, 11) is 0. The Bertz CT molecular complexity index is 1320. The number of rotatable bonds is 11. The standard InChI is InChI=1S/C31H31ClFNO6/c1-20-26(30(35)39-18-16-37-22-10-5-3-6-11-22)28(24-14-9-15-25(32)29(24)33)27(21(2)34-20)31(36)40-19-17-38-23-12-7-4-8-13-23/h3-15,20,26-28H,16-19H2,1-2H3. The van der Waals surface area contributed by atoms with Gasteiger partial charge in [-0.2, -0.15) is 0 Å². The minimum absolute atomic E-state index is 0.0314. The summed E-state index contributed by atoms with van der Waals surface area (Å²) in [4.78, 5) is 31.4. The van der Waals surface area contributed by atoms with Gasteiger partial charge >= 0.3 is 11.9 Å². The third kappa shape index (κ3) is 7.18. The van der Waals surface area contributed by atoms with Crippen molar-refractivity contribution in [2.24, 2.45) is 16.8 Å². The molecule has 0 saturated carbocycles. The number of para-hydroxylation sites is 2. The van der Waals surface area contributed by atoms with Crippen molar-refractivity contribution < 1.29 is 32.9 Å². The predicted molar refractivity (Wildman–Crippen MR) is 149 cm³/mol. The van der Waals surface area contributed by atoms with Gasteiger partial charge in [-0.15, -0.1) is 0 Å². The average molecular weight is 568 g/mol. The summed E-state index contributed by atoms with van der Waals surface area (Å²) in [6.07, 6.45) is 0. The number of nitrogens with zero attached hydrogens (tertiary/aromatic N) is 1. The number of halogens is 2. The molecular formula is C31H31ClFNO6. The van der Waals surface area contributed by atoms with Crippen molar-refractivity contribution in [2.75, 3.05) is 26.4 Å². The molecule has 1 heterocycles. The molecule has 1 aliphatic heterocycles. The van der Waals surface area contributed by atoms with Gasteiger partial charge in [0.25, 0.3) is 0 Å². The summed E-state index contributed by atoms with van der Waals surface area (Å²) in [5.41, 5.74) is 0.556. The molecule has 4 rings (SSSR count). The third-order valence-corrected chi connectivity index (χ3v) is 6.96. The van der Waals surface area contributed by atoms with E-state index in [4.69, 9.17) is 30.5 Å². The fourth-order valence-electron chi connectivity index (χ4n) is 4.88. The van der Waals surface area contributed by atoms with E-state index < -0.39 is 41.6 Å². The minimum atomic E-state index is -1.03. The van der Waals surface area contributed by atoms with Crippen LogP contribution >= 0.6 is 11.6 Å². The summed E-state index contributed by atoms with van der Waals surface area (Å²) >= 11 is 6.11. The van der Waals surface area contributed by atoms with Crippen LogP contribution in [0.5, 0.6) is 11.5 Å². The van der Waals surface area contributed by atoms with Crippen molar-refractivity contribution >= 4 is 29.3 Å². The third-order valence-electron chi connectivity index (χ3n) is 6.67. The van der Waals surface area contributed by atoms with Crippen molar-refractivity contribution in [1.82, 2.24) is 0 Å². The summed E-state index contributed by atoms with van der Waals surface area (Å²) in [6, 6.07) is 22.2. The molecule has 4 unspecified atom stereocenters. The molecule has 4 atom stereocenters. The smallest absolute Gasteiger partial charge is 0.315 e. The van der Waals surface area contributed by atoms with Crippen LogP contribution in [0.4, 0.5) is 4.39 Å². The van der Waals surface area contributed by atoms with E-state index in [1.807, 2.05) is 36.4 Å². The van der Waals surface area contributed by atoms with Crippen LogP contribution in [0, 0.1) is 17.7 Å². The monoisotopic (exact) mass is 567 g/mol. The zero-order valence-electron chi connectivity index (χ0n) is 22.3. The molecule has 9 heteroatoms. The molecule has 0 aliphatic carbocycles. The molecule has 3 aromatic carbocycles. The lowest BCUT2D eigenvalue weighted by Crippen LogP contribution is -2.46. The lowest BCUT2D eigenvalue weighted by molar-refractivity contribution is -0.154. The first kappa shape index (κ1) is 29.1. The fourth-order valence-corrected chi connectivity index (χ4v) is 5.07. The van der Waals surface area contributed by atoms with Gasteiger partial charge in [-0.05, 0) is 49.7 Å². The molecule has 0 amide bonds. The minimum Gasteiger partial charge on any atom is -0.490 e. The lowest BCUT2D eigenvalue weighted by atomic mass is 9.70. The van der Waals surface area contributed by atoms with Crippen LogP contribution in [0.15, 0.2) is 83.9 Å². The van der Waals surface area contributed by atoms with Crippen LogP contribution in [0.3, 0.4) is 0 Å². The van der Waals surface area contributed by atoms with Gasteiger partial charge in [-0.3, -0.25) is 14.6 Å². The average Bonchev–Trinajstić information content (AvgIpc) is 2.95. The van der Waals surface area contributed by atoms with Crippen molar-refractivity contribution in [3.8, 4) is 11.5 Å². The lowest BCUT2D eigenvalue weighted by Gasteiger charge is -2.38. The second kappa shape index (κ2) is 13.9. The van der Waals surface area contributed by atoms with Crippen molar-refractivity contribution in [1.29, 1.82) is 0 Å². The molecule has 0 N–H and O–H groups in total. The Morgan fingerprint density at radius 1 is 0.800 bits per heavy atom. The normalized spacial score (nSPS) is 20.2. The van der Waals surface area contributed by atoms with Gasteiger partial charge in [0.15, 0.2) is 0 Å². The van der Waals surface area contributed by atoms with Crippen LogP contribution in [0.25, 0.3) is 0 Å². The zero-order valence-corrected chi connectivity index (χ0v) is 23.1. The molecule has 0 aromatic heterocycles. The Morgan fingerprint density at radius 3 is 1.93 bits per heavy atom. The number of hydrogen-bond acceptors (Lipinski definition) is 7. The first-order valence-electron chi connectivity index (χ1n) is 13.0. The highest BCUT2D eigenvalue weighted by atomic mass is 35.5. The molecular weight excluding hydrogens is 537 g/mol. The number of carbonyl (C=O) groups is 2. The van der Waals surface area contributed by atoms with Gasteiger partial charge in [0.2, 0.25) is 0 Å². The summed E-state index contributed by atoms with van der Waals surface area (Å²) in [5.74, 6) is -3.62. The van der Waals surface area contributed by atoms with Gasteiger partial charge in [0, 0.05) is 11.6 Å². The van der Waals surface area contributed by atoms with Crippen LogP contribution < -0.4 is 9.47 Å². The molecule has 40 heavy (non-hydrogen) atoms. The maximum atomic E-state index is 15.4. The predicted octanol–water partition coefficient (Wildman–Crippen LogP) is 5.90. The maximum absolute atomic E-state index is 15.4. The topological polar surface area (TPSA) is 83.4 Å². The highest BCUT2D eigenvalue weighted by molar-refractivity contribution is 6.30. The number of ether oxygens (including phenoxy) is 4. The van der Waals surface area contributed by atoms with E-state index >= 15 is 4.39 Å². The van der Waals surface area contributed by atoms with E-state index in [-0.39, 0.29) is 37.0 Å². The Kier molecular flexibility index (Phi) is 10.1. The fraction of sp³-hybridized carbons (Fsp3) is 0.323. The van der Waals surface area contributed by atoms with Crippen molar-refractivity contribution in [3.63, 3.8) is 0 Å². The highest BCUT2D eigenvalue weighted by Gasteiger charge is 2.49. The van der Waals surface area contributed by atoms with Gasteiger partial charge in [-0.25, -0.2) is 4.39 Å². The van der Waals surface area contributed by atoms with Gasteiger partial charge in [-0.1, -0.05) is 60.1 Å². The summed E-state index contributed by atoms with van der Waals surface area (Å²) in [5, 5.41) is -0.114. The Balaban J connectivity index is 1.51. The highest BCUT2D eigenvalue weighted by Crippen LogP contribution is 2.43. The summed E-state index contributed by atoms with van der Waals surface area (Å²) in [6.45, 7) is 3.59. The van der Waals surface area contributed by atoms with Crippen molar-refractivity contribution in [2.45, 2.75) is 25.8 Å². The van der Waals surface area contributed by atoms with Gasteiger partial charge in [0.05, 0.1) is 17.0 Å².